The number of carbonyl (C=O) groups is 1. The van der Waals surface area contributed by atoms with Gasteiger partial charge in [-0.05, 0) is 16.7 Å². The van der Waals surface area contributed by atoms with Gasteiger partial charge in [-0.2, -0.15) is 16.1 Å². The molecule has 0 spiro atoms. The van der Waals surface area contributed by atoms with Crippen molar-refractivity contribution >= 4 is 33.2 Å². The lowest BCUT2D eigenvalue weighted by atomic mass is 10.3. The first-order chi connectivity index (χ1) is 8.65. The second-order valence-electron chi connectivity index (χ2n) is 3.45. The second-order valence-corrected chi connectivity index (χ2v) is 5.35. The molecule has 0 saturated heterocycles. The minimum atomic E-state index is -0.190. The van der Waals surface area contributed by atoms with Crippen molar-refractivity contribution < 1.29 is 4.79 Å². The van der Waals surface area contributed by atoms with Crippen LogP contribution in [0.15, 0.2) is 27.9 Å². The zero-order valence-electron chi connectivity index (χ0n) is 9.34. The van der Waals surface area contributed by atoms with Crippen molar-refractivity contribution in [2.75, 3.05) is 6.54 Å². The van der Waals surface area contributed by atoms with Gasteiger partial charge in [0.25, 0.3) is 0 Å². The average molecular weight is 328 g/mol. The first-order valence-corrected chi connectivity index (χ1v) is 6.79. The molecule has 0 aliphatic rings. The van der Waals surface area contributed by atoms with Crippen LogP contribution in [0.5, 0.6) is 0 Å². The van der Waals surface area contributed by atoms with Gasteiger partial charge in [0.2, 0.25) is 11.7 Å². The average Bonchev–Trinajstić information content (AvgIpc) is 2.95. The molecular formula is C10H10BrN5OS. The number of halogens is 1. The summed E-state index contributed by atoms with van der Waals surface area (Å²) in [5.74, 6) is 0.332. The Kier molecular flexibility index (Phi) is 4.21. The van der Waals surface area contributed by atoms with E-state index in [-0.39, 0.29) is 12.5 Å². The first-order valence-electron chi connectivity index (χ1n) is 5.05. The highest BCUT2D eigenvalue weighted by atomic mass is 79.9. The van der Waals surface area contributed by atoms with Crippen LogP contribution in [0.25, 0.3) is 11.4 Å². The van der Waals surface area contributed by atoms with Crippen LogP contribution in [0.2, 0.25) is 0 Å². The number of hydrogen-bond donors (Lipinski definition) is 1. The van der Waals surface area contributed by atoms with Crippen molar-refractivity contribution in [2.24, 2.45) is 0 Å². The zero-order valence-corrected chi connectivity index (χ0v) is 11.7. The Balaban J connectivity index is 1.95. The Morgan fingerprint density at radius 2 is 2.44 bits per heavy atom. The summed E-state index contributed by atoms with van der Waals surface area (Å²) in [4.78, 5) is 12.8. The van der Waals surface area contributed by atoms with Crippen LogP contribution in [-0.2, 0) is 11.3 Å². The third-order valence-electron chi connectivity index (χ3n) is 1.99. The summed E-state index contributed by atoms with van der Waals surface area (Å²) in [6, 6.07) is 1.90. The van der Waals surface area contributed by atoms with Gasteiger partial charge in [0.15, 0.2) is 0 Å². The highest BCUT2D eigenvalue weighted by Crippen LogP contribution is 2.16. The van der Waals surface area contributed by atoms with Gasteiger partial charge in [-0.25, -0.2) is 0 Å². The van der Waals surface area contributed by atoms with Crippen molar-refractivity contribution in [3.8, 4) is 11.4 Å². The predicted octanol–water partition coefficient (Wildman–Crippen LogP) is 1.43. The molecule has 2 heterocycles. The molecule has 0 saturated carbocycles. The van der Waals surface area contributed by atoms with E-state index in [1.807, 2.05) is 16.8 Å². The molecule has 2 aromatic rings. The maximum Gasteiger partial charge on any atom is 0.243 e. The molecule has 94 valence electrons. The van der Waals surface area contributed by atoms with Crippen LogP contribution in [0.3, 0.4) is 0 Å². The first kappa shape index (κ1) is 12.9. The molecule has 1 amide bonds. The fraction of sp³-hybridized carbons (Fsp3) is 0.200. The molecule has 0 aliphatic carbocycles. The fourth-order valence-electron chi connectivity index (χ4n) is 1.20. The van der Waals surface area contributed by atoms with E-state index in [1.54, 1.807) is 11.3 Å². The third-order valence-corrected chi connectivity index (χ3v) is 2.96. The molecule has 1 N–H and O–H groups in total. The lowest BCUT2D eigenvalue weighted by molar-refractivity contribution is -0.121. The number of thiophene rings is 1. The van der Waals surface area contributed by atoms with E-state index in [0.717, 1.165) is 5.56 Å². The van der Waals surface area contributed by atoms with E-state index in [0.29, 0.717) is 16.9 Å². The van der Waals surface area contributed by atoms with Crippen molar-refractivity contribution in [1.82, 2.24) is 25.5 Å². The molecule has 0 atom stereocenters. The van der Waals surface area contributed by atoms with Crippen molar-refractivity contribution in [2.45, 2.75) is 6.54 Å². The lowest BCUT2D eigenvalue weighted by Crippen LogP contribution is -2.29. The van der Waals surface area contributed by atoms with Crippen LogP contribution < -0.4 is 5.32 Å². The van der Waals surface area contributed by atoms with Crippen molar-refractivity contribution in [3.05, 3.63) is 27.9 Å². The van der Waals surface area contributed by atoms with E-state index in [1.165, 1.54) is 4.80 Å². The van der Waals surface area contributed by atoms with Gasteiger partial charge in [0.1, 0.15) is 6.54 Å². The Hall–Kier alpha value is -1.54. The molecule has 0 fully saturated rings. The molecule has 8 heteroatoms. The molecular weight excluding hydrogens is 318 g/mol. The predicted molar refractivity (Wildman–Crippen MR) is 72.2 cm³/mol. The number of tetrazole rings is 1. The summed E-state index contributed by atoms with van der Waals surface area (Å²) in [6.07, 6.45) is 0. The van der Waals surface area contributed by atoms with Gasteiger partial charge in [-0.1, -0.05) is 22.5 Å². The number of nitrogens with zero attached hydrogens (tertiary/aromatic N) is 4. The van der Waals surface area contributed by atoms with E-state index in [9.17, 15) is 4.79 Å². The zero-order chi connectivity index (χ0) is 13.0. The summed E-state index contributed by atoms with van der Waals surface area (Å²) in [5.41, 5.74) is 0.903. The standard InChI is InChI=1S/C10H10BrN5OS/c1-7(11)4-12-9(17)5-16-14-10(13-15-16)8-2-3-18-6-8/h2-3,6H,1,4-5H2,(H,12,17). The quantitative estimate of drug-likeness (QED) is 0.901. The number of amides is 1. The van der Waals surface area contributed by atoms with Crippen LogP contribution in [0.1, 0.15) is 0 Å². The maximum absolute atomic E-state index is 11.5. The minimum Gasteiger partial charge on any atom is -0.350 e. The summed E-state index contributed by atoms with van der Waals surface area (Å²) < 4.78 is 0.710. The Bertz CT molecular complexity index is 550. The molecule has 0 aromatic carbocycles. The van der Waals surface area contributed by atoms with E-state index >= 15 is 0 Å². The van der Waals surface area contributed by atoms with Gasteiger partial charge >= 0.3 is 0 Å². The smallest absolute Gasteiger partial charge is 0.243 e. The van der Waals surface area contributed by atoms with Gasteiger partial charge in [0.05, 0.1) is 0 Å². The number of aromatic nitrogens is 4. The molecule has 0 unspecified atom stereocenters. The number of hydrogen-bond acceptors (Lipinski definition) is 5. The largest absolute Gasteiger partial charge is 0.350 e. The van der Waals surface area contributed by atoms with Crippen LogP contribution in [-0.4, -0.2) is 32.7 Å². The highest BCUT2D eigenvalue weighted by Gasteiger charge is 2.09. The highest BCUT2D eigenvalue weighted by molar-refractivity contribution is 9.11. The maximum atomic E-state index is 11.5. The topological polar surface area (TPSA) is 72.7 Å². The summed E-state index contributed by atoms with van der Waals surface area (Å²) >= 11 is 4.72. The van der Waals surface area contributed by atoms with Crippen molar-refractivity contribution in [3.63, 3.8) is 0 Å². The van der Waals surface area contributed by atoms with Gasteiger partial charge in [0, 0.05) is 22.0 Å². The van der Waals surface area contributed by atoms with Gasteiger partial charge in [-0.3, -0.25) is 4.79 Å². The van der Waals surface area contributed by atoms with Crippen LogP contribution >= 0.6 is 27.3 Å². The SMILES string of the molecule is C=C(Br)CNC(=O)Cn1nnc(-c2ccsc2)n1. The van der Waals surface area contributed by atoms with Gasteiger partial charge in [-0.15, -0.1) is 10.2 Å². The van der Waals surface area contributed by atoms with Crippen LogP contribution in [0, 0.1) is 0 Å². The Morgan fingerprint density at radius 1 is 1.61 bits per heavy atom. The van der Waals surface area contributed by atoms with E-state index in [4.69, 9.17) is 0 Å². The van der Waals surface area contributed by atoms with Crippen LogP contribution in [0.4, 0.5) is 0 Å². The molecule has 0 bridgehead atoms. The van der Waals surface area contributed by atoms with Gasteiger partial charge < -0.3 is 5.32 Å². The molecule has 0 aliphatic heterocycles. The number of nitrogens with one attached hydrogen (secondary N) is 1. The number of rotatable bonds is 5. The summed E-state index contributed by atoms with van der Waals surface area (Å²) in [6.45, 7) is 4.04. The molecule has 2 rings (SSSR count). The third kappa shape index (κ3) is 3.47. The summed E-state index contributed by atoms with van der Waals surface area (Å²) in [5, 5.41) is 18.4. The number of carbonyl (C=O) groups excluding carboxylic acids is 1. The Morgan fingerprint density at radius 3 is 3.11 bits per heavy atom. The summed E-state index contributed by atoms with van der Waals surface area (Å²) in [7, 11) is 0. The molecule has 2 aromatic heterocycles. The van der Waals surface area contributed by atoms with E-state index < -0.39 is 0 Å². The molecule has 18 heavy (non-hydrogen) atoms. The monoisotopic (exact) mass is 327 g/mol. The fourth-order valence-corrected chi connectivity index (χ4v) is 1.97. The normalized spacial score (nSPS) is 10.3. The lowest BCUT2D eigenvalue weighted by Gasteiger charge is -2.01. The second kappa shape index (κ2) is 5.87. The minimum absolute atomic E-state index is 0.0391. The Labute approximate surface area is 116 Å². The molecule has 0 radical (unpaired) electrons. The van der Waals surface area contributed by atoms with Crippen molar-refractivity contribution in [1.29, 1.82) is 0 Å². The van der Waals surface area contributed by atoms with E-state index in [2.05, 4.69) is 43.2 Å². The molecule has 6 nitrogen and oxygen atoms in total.